The molecule has 6 nitrogen and oxygen atoms in total. The van der Waals surface area contributed by atoms with Crippen molar-refractivity contribution >= 4 is 18.0 Å². The molecule has 0 aliphatic carbocycles. The van der Waals surface area contributed by atoms with E-state index in [9.17, 15) is 9.59 Å². The molecule has 0 saturated heterocycles. The van der Waals surface area contributed by atoms with Gasteiger partial charge >= 0.3 is 5.97 Å². The Morgan fingerprint density at radius 2 is 1.71 bits per heavy atom. The predicted molar refractivity (Wildman–Crippen MR) is 91.2 cm³/mol. The van der Waals surface area contributed by atoms with Crippen LogP contribution in [0.5, 0.6) is 11.5 Å². The van der Waals surface area contributed by atoms with Gasteiger partial charge in [0.15, 0.2) is 0 Å². The average molecular weight is 329 g/mol. The molecule has 3 N–H and O–H groups in total. The lowest BCUT2D eigenvalue weighted by atomic mass is 10.2. The van der Waals surface area contributed by atoms with Crippen molar-refractivity contribution in [1.82, 2.24) is 0 Å². The number of carbonyl (C=O) groups is 2. The molecule has 0 fully saturated rings. The Hall–Kier alpha value is -3.28. The first-order chi connectivity index (χ1) is 11.5. The highest BCUT2D eigenvalue weighted by Gasteiger charge is 2.02. The minimum absolute atomic E-state index is 0.379. The van der Waals surface area contributed by atoms with E-state index < -0.39 is 5.97 Å². The van der Waals surface area contributed by atoms with Crippen LogP contribution in [0.2, 0.25) is 0 Å². The van der Waals surface area contributed by atoms with Gasteiger partial charge in [0.2, 0.25) is 5.91 Å². The molecule has 0 aliphatic rings. The molecule has 2 aromatic carbocycles. The topological polar surface area (TPSA) is 98.8 Å². The molecule has 0 radical (unpaired) electrons. The molecule has 2 aromatic rings. The van der Waals surface area contributed by atoms with Crippen LogP contribution in [0.3, 0.4) is 0 Å². The number of carboxylic acids is 1. The van der Waals surface area contributed by atoms with Crippen LogP contribution >= 0.6 is 0 Å². The van der Waals surface area contributed by atoms with Crippen LogP contribution in [-0.2, 0) is 4.79 Å². The van der Waals surface area contributed by atoms with Gasteiger partial charge in [0.25, 0.3) is 0 Å². The van der Waals surface area contributed by atoms with Gasteiger partial charge in [0.1, 0.15) is 11.5 Å². The van der Waals surface area contributed by atoms with E-state index in [1.807, 2.05) is 6.07 Å². The number of methoxy groups -OCH3 is 2. The van der Waals surface area contributed by atoms with Crippen LogP contribution in [0.4, 0.5) is 0 Å². The number of amides is 1. The molecule has 0 bridgehead atoms. The summed E-state index contributed by atoms with van der Waals surface area (Å²) in [5.74, 6) is -0.130. The first-order valence-electron chi connectivity index (χ1n) is 6.95. The maximum Gasteiger partial charge on any atom is 0.328 e. The molecule has 2 rings (SSSR count). The number of nitrogens with two attached hydrogens (primary N) is 1. The van der Waals surface area contributed by atoms with Crippen molar-refractivity contribution in [3.8, 4) is 11.5 Å². The monoisotopic (exact) mass is 329 g/mol. The smallest absolute Gasteiger partial charge is 0.328 e. The van der Waals surface area contributed by atoms with Gasteiger partial charge in [0, 0.05) is 23.3 Å². The van der Waals surface area contributed by atoms with Crippen molar-refractivity contribution in [2.45, 2.75) is 0 Å². The Balaban J connectivity index is 0.000000272. The van der Waals surface area contributed by atoms with Crippen LogP contribution in [0.15, 0.2) is 54.6 Å². The Bertz CT molecular complexity index is 711. The highest BCUT2D eigenvalue weighted by molar-refractivity contribution is 5.92. The summed E-state index contributed by atoms with van der Waals surface area (Å²) in [6, 6.07) is 13.9. The third-order valence-electron chi connectivity index (χ3n) is 2.90. The molecule has 0 unspecified atom stereocenters. The zero-order valence-electron chi connectivity index (χ0n) is 13.4. The zero-order valence-corrected chi connectivity index (χ0v) is 13.4. The van der Waals surface area contributed by atoms with E-state index in [1.54, 1.807) is 49.6 Å². The summed E-state index contributed by atoms with van der Waals surface area (Å²) in [6.07, 6.45) is 2.53. The molecule has 126 valence electrons. The summed E-state index contributed by atoms with van der Waals surface area (Å²) >= 11 is 0. The number of carboxylic acid groups (broad SMARTS) is 1. The van der Waals surface area contributed by atoms with Crippen molar-refractivity contribution in [3.05, 3.63) is 65.7 Å². The Morgan fingerprint density at radius 3 is 2.17 bits per heavy atom. The number of aliphatic carboxylic acids is 1. The lowest BCUT2D eigenvalue weighted by Gasteiger charge is -2.06. The van der Waals surface area contributed by atoms with Gasteiger partial charge in [-0.3, -0.25) is 4.79 Å². The molecule has 0 heterocycles. The van der Waals surface area contributed by atoms with Crippen LogP contribution in [0.25, 0.3) is 6.08 Å². The first-order valence-corrected chi connectivity index (χ1v) is 6.95. The lowest BCUT2D eigenvalue weighted by molar-refractivity contribution is -0.131. The largest absolute Gasteiger partial charge is 0.497 e. The molecular formula is C18H19NO5. The van der Waals surface area contributed by atoms with Gasteiger partial charge in [-0.15, -0.1) is 0 Å². The quantitative estimate of drug-likeness (QED) is 0.822. The molecule has 0 atom stereocenters. The molecule has 0 saturated carbocycles. The number of hydrogen-bond acceptors (Lipinski definition) is 4. The van der Waals surface area contributed by atoms with Gasteiger partial charge in [-0.25, -0.2) is 4.79 Å². The fourth-order valence-corrected chi connectivity index (χ4v) is 1.72. The maximum atomic E-state index is 10.4. The number of rotatable bonds is 5. The lowest BCUT2D eigenvalue weighted by Crippen LogP contribution is -2.09. The van der Waals surface area contributed by atoms with Crippen molar-refractivity contribution in [2.24, 2.45) is 5.73 Å². The predicted octanol–water partition coefficient (Wildman–Crippen LogP) is 2.59. The van der Waals surface area contributed by atoms with E-state index in [0.717, 1.165) is 6.08 Å². The second-order valence-electron chi connectivity index (χ2n) is 4.51. The fraction of sp³-hybridized carbons (Fsp3) is 0.111. The van der Waals surface area contributed by atoms with E-state index >= 15 is 0 Å². The van der Waals surface area contributed by atoms with E-state index in [1.165, 1.54) is 13.2 Å². The zero-order chi connectivity index (χ0) is 17.9. The fourth-order valence-electron chi connectivity index (χ4n) is 1.72. The van der Waals surface area contributed by atoms with Crippen molar-refractivity contribution in [1.29, 1.82) is 0 Å². The molecule has 0 aliphatic heterocycles. The molecule has 0 aromatic heterocycles. The van der Waals surface area contributed by atoms with Crippen LogP contribution in [0, 0.1) is 0 Å². The van der Waals surface area contributed by atoms with Crippen LogP contribution in [-0.4, -0.2) is 31.2 Å². The summed E-state index contributed by atoms with van der Waals surface area (Å²) in [6.45, 7) is 0. The third kappa shape index (κ3) is 6.23. The summed E-state index contributed by atoms with van der Waals surface area (Å²) in [5, 5.41) is 8.49. The van der Waals surface area contributed by atoms with Crippen LogP contribution < -0.4 is 15.2 Å². The average Bonchev–Trinajstić information content (AvgIpc) is 2.61. The second kappa shape index (κ2) is 9.68. The first kappa shape index (κ1) is 18.8. The van der Waals surface area contributed by atoms with Gasteiger partial charge < -0.3 is 20.3 Å². The molecule has 24 heavy (non-hydrogen) atoms. The highest BCUT2D eigenvalue weighted by atomic mass is 16.5. The molecule has 6 heteroatoms. The summed E-state index contributed by atoms with van der Waals surface area (Å²) in [4.78, 5) is 20.8. The molecular weight excluding hydrogens is 310 g/mol. The highest BCUT2D eigenvalue weighted by Crippen LogP contribution is 2.25. The second-order valence-corrected chi connectivity index (χ2v) is 4.51. The minimum atomic E-state index is -0.993. The summed E-state index contributed by atoms with van der Waals surface area (Å²) in [5.41, 5.74) is 6.22. The minimum Gasteiger partial charge on any atom is -0.497 e. The normalized spacial score (nSPS) is 9.75. The Kier molecular flexibility index (Phi) is 7.57. The van der Waals surface area contributed by atoms with Gasteiger partial charge in [-0.1, -0.05) is 18.2 Å². The van der Waals surface area contributed by atoms with E-state index in [-0.39, 0.29) is 5.91 Å². The summed E-state index contributed by atoms with van der Waals surface area (Å²) in [7, 11) is 3.08. The Labute approximate surface area is 140 Å². The van der Waals surface area contributed by atoms with E-state index in [2.05, 4.69) is 0 Å². The molecule has 1 amide bonds. The van der Waals surface area contributed by atoms with Gasteiger partial charge in [-0.2, -0.15) is 0 Å². The Morgan fingerprint density at radius 1 is 1.04 bits per heavy atom. The van der Waals surface area contributed by atoms with Gasteiger partial charge in [-0.05, 0) is 30.3 Å². The molecule has 0 spiro atoms. The number of carbonyl (C=O) groups excluding carboxylic acids is 1. The van der Waals surface area contributed by atoms with Crippen LogP contribution in [0.1, 0.15) is 15.9 Å². The third-order valence-corrected chi connectivity index (χ3v) is 2.90. The number of hydrogen-bond donors (Lipinski definition) is 2. The standard InChI is InChI=1S/C11H12O4.C7H7NO/c1-14-9-5-3-8(4-6-11(12)13)10(7-9)15-2;8-7(9)6-4-2-1-3-5-6/h3-7H,1-2H3,(H,12,13);1-5H,(H2,8,9)/b6-4+;. The maximum absolute atomic E-state index is 10.4. The summed E-state index contributed by atoms with van der Waals surface area (Å²) < 4.78 is 10.1. The number of ether oxygens (including phenoxy) is 2. The SMILES string of the molecule is COc1ccc(/C=C/C(=O)O)c(OC)c1.NC(=O)c1ccccc1. The number of benzene rings is 2. The number of primary amides is 1. The van der Waals surface area contributed by atoms with Gasteiger partial charge in [0.05, 0.1) is 14.2 Å². The van der Waals surface area contributed by atoms with Crippen molar-refractivity contribution in [3.63, 3.8) is 0 Å². The van der Waals surface area contributed by atoms with Crippen molar-refractivity contribution in [2.75, 3.05) is 14.2 Å². The van der Waals surface area contributed by atoms with E-state index in [4.69, 9.17) is 20.3 Å². The van der Waals surface area contributed by atoms with E-state index in [0.29, 0.717) is 22.6 Å². The van der Waals surface area contributed by atoms with Crippen molar-refractivity contribution < 1.29 is 24.2 Å².